The lowest BCUT2D eigenvalue weighted by molar-refractivity contribution is -0.122. The zero-order valence-corrected chi connectivity index (χ0v) is 21.1. The molecular formula is C24H14Br2ClFN2O4. The van der Waals surface area contributed by atoms with E-state index >= 15 is 0 Å². The summed E-state index contributed by atoms with van der Waals surface area (Å²) in [5.41, 5.74) is 1.06. The van der Waals surface area contributed by atoms with E-state index in [0.29, 0.717) is 25.8 Å². The maximum absolute atomic E-state index is 13.4. The lowest BCUT2D eigenvalue weighted by Crippen LogP contribution is -2.54. The van der Waals surface area contributed by atoms with Gasteiger partial charge in [-0.2, -0.15) is 0 Å². The van der Waals surface area contributed by atoms with Gasteiger partial charge in [-0.05, 0) is 85.5 Å². The SMILES string of the molecule is O=C1NC(=O)N(c2ccccc2Cl)C(=O)/C1=C/c1cc(Br)c(OCc2cccc(F)c2)c(Br)c1. The summed E-state index contributed by atoms with van der Waals surface area (Å²) in [4.78, 5) is 38.7. The summed E-state index contributed by atoms with van der Waals surface area (Å²) in [6.45, 7) is 0.130. The molecule has 0 spiro atoms. The highest BCUT2D eigenvalue weighted by Crippen LogP contribution is 2.36. The zero-order chi connectivity index (χ0) is 24.4. The third kappa shape index (κ3) is 5.06. The number of rotatable bonds is 5. The van der Waals surface area contributed by atoms with Crippen LogP contribution in [0.15, 0.2) is 75.2 Å². The molecule has 172 valence electrons. The van der Waals surface area contributed by atoms with Gasteiger partial charge in [-0.15, -0.1) is 0 Å². The molecule has 1 N–H and O–H groups in total. The molecule has 0 radical (unpaired) electrons. The molecule has 1 saturated heterocycles. The van der Waals surface area contributed by atoms with Gasteiger partial charge in [0.05, 0.1) is 19.7 Å². The summed E-state index contributed by atoms with van der Waals surface area (Å²) in [6.07, 6.45) is 1.36. The van der Waals surface area contributed by atoms with E-state index in [1.165, 1.54) is 30.3 Å². The smallest absolute Gasteiger partial charge is 0.335 e. The van der Waals surface area contributed by atoms with Crippen molar-refractivity contribution in [2.24, 2.45) is 0 Å². The van der Waals surface area contributed by atoms with Crippen LogP contribution in [0.3, 0.4) is 0 Å². The second-order valence-electron chi connectivity index (χ2n) is 7.14. The first-order valence-electron chi connectivity index (χ1n) is 9.77. The summed E-state index contributed by atoms with van der Waals surface area (Å²) in [5.74, 6) is -1.53. The summed E-state index contributed by atoms with van der Waals surface area (Å²) < 4.78 is 20.3. The highest BCUT2D eigenvalue weighted by Gasteiger charge is 2.37. The maximum Gasteiger partial charge on any atom is 0.335 e. The molecule has 1 aliphatic rings. The minimum Gasteiger partial charge on any atom is -0.487 e. The molecule has 0 aliphatic carbocycles. The van der Waals surface area contributed by atoms with E-state index in [2.05, 4.69) is 37.2 Å². The Balaban J connectivity index is 1.62. The van der Waals surface area contributed by atoms with Gasteiger partial charge < -0.3 is 4.74 Å². The quantitative estimate of drug-likeness (QED) is 0.275. The molecule has 10 heteroatoms. The molecule has 6 nitrogen and oxygen atoms in total. The Hall–Kier alpha value is -3.01. The molecule has 3 aromatic rings. The molecule has 0 unspecified atom stereocenters. The number of carbonyl (C=O) groups is 3. The molecule has 34 heavy (non-hydrogen) atoms. The van der Waals surface area contributed by atoms with Gasteiger partial charge in [-0.1, -0.05) is 35.9 Å². The number of ether oxygens (including phenoxy) is 1. The van der Waals surface area contributed by atoms with Gasteiger partial charge in [0, 0.05) is 0 Å². The molecule has 0 saturated carbocycles. The normalized spacial score (nSPS) is 15.0. The number of nitrogens with zero attached hydrogens (tertiary/aromatic N) is 1. The van der Waals surface area contributed by atoms with Crippen molar-refractivity contribution < 1.29 is 23.5 Å². The highest BCUT2D eigenvalue weighted by atomic mass is 79.9. The third-order valence-corrected chi connectivity index (χ3v) is 6.30. The Morgan fingerprint density at radius 2 is 1.71 bits per heavy atom. The topological polar surface area (TPSA) is 75.7 Å². The molecule has 1 aliphatic heterocycles. The third-order valence-electron chi connectivity index (χ3n) is 4.80. The average molecular weight is 609 g/mol. The Morgan fingerprint density at radius 1 is 1.00 bits per heavy atom. The molecule has 3 aromatic carbocycles. The molecule has 4 rings (SSSR count). The maximum atomic E-state index is 13.4. The highest BCUT2D eigenvalue weighted by molar-refractivity contribution is 9.11. The number of urea groups is 1. The van der Waals surface area contributed by atoms with Crippen LogP contribution in [0, 0.1) is 5.82 Å². The first-order valence-corrected chi connectivity index (χ1v) is 11.7. The standard InChI is InChI=1S/C24H14Br2ClFN2O4/c25-17-10-14(11-18(26)21(17)34-12-13-4-3-5-15(28)8-13)9-16-22(31)29-24(33)30(23(16)32)20-7-2-1-6-19(20)27/h1-11H,12H2,(H,29,31,33)/b16-9+. The number of halogens is 4. The number of hydrogen-bond donors (Lipinski definition) is 1. The average Bonchev–Trinajstić information content (AvgIpc) is 2.77. The Morgan fingerprint density at radius 3 is 2.38 bits per heavy atom. The van der Waals surface area contributed by atoms with E-state index in [1.807, 2.05) is 0 Å². The predicted octanol–water partition coefficient (Wildman–Crippen LogP) is 6.25. The van der Waals surface area contributed by atoms with Crippen molar-refractivity contribution in [3.8, 4) is 5.75 Å². The fraction of sp³-hybridized carbons (Fsp3) is 0.0417. The first kappa shape index (κ1) is 24.1. The van der Waals surface area contributed by atoms with Gasteiger partial charge in [0.2, 0.25) is 0 Å². The Kier molecular flexibility index (Phi) is 7.16. The minimum absolute atomic E-state index is 0.130. The number of carbonyl (C=O) groups excluding carboxylic acids is 3. The number of nitrogens with one attached hydrogen (secondary N) is 1. The van der Waals surface area contributed by atoms with Crippen molar-refractivity contribution in [1.82, 2.24) is 5.32 Å². The van der Waals surface area contributed by atoms with Crippen molar-refractivity contribution >= 4 is 73.1 Å². The largest absolute Gasteiger partial charge is 0.487 e. The molecule has 4 amide bonds. The predicted molar refractivity (Wildman–Crippen MR) is 133 cm³/mol. The van der Waals surface area contributed by atoms with Crippen molar-refractivity contribution in [2.75, 3.05) is 4.90 Å². The molecule has 0 aromatic heterocycles. The van der Waals surface area contributed by atoms with Crippen LogP contribution in [0.4, 0.5) is 14.9 Å². The van der Waals surface area contributed by atoms with Crippen LogP contribution in [-0.4, -0.2) is 17.8 Å². The van der Waals surface area contributed by atoms with E-state index < -0.39 is 17.8 Å². The van der Waals surface area contributed by atoms with Gasteiger partial charge in [-0.3, -0.25) is 14.9 Å². The van der Waals surface area contributed by atoms with Gasteiger partial charge in [-0.25, -0.2) is 14.1 Å². The molecule has 1 fully saturated rings. The van der Waals surface area contributed by atoms with Crippen LogP contribution in [0.25, 0.3) is 6.08 Å². The Bertz CT molecular complexity index is 1340. The van der Waals surface area contributed by atoms with Crippen LogP contribution < -0.4 is 15.0 Å². The Labute approximate surface area is 215 Å². The fourth-order valence-electron chi connectivity index (χ4n) is 3.26. The van der Waals surface area contributed by atoms with E-state index in [4.69, 9.17) is 16.3 Å². The molecular weight excluding hydrogens is 595 g/mol. The number of anilines is 1. The molecule has 0 atom stereocenters. The van der Waals surface area contributed by atoms with Crippen LogP contribution in [-0.2, 0) is 16.2 Å². The summed E-state index contributed by atoms with van der Waals surface area (Å²) in [7, 11) is 0. The number of imide groups is 2. The minimum atomic E-state index is -0.885. The lowest BCUT2D eigenvalue weighted by Gasteiger charge is -2.27. The van der Waals surface area contributed by atoms with Gasteiger partial charge >= 0.3 is 6.03 Å². The number of benzene rings is 3. The van der Waals surface area contributed by atoms with Crippen molar-refractivity contribution in [2.45, 2.75) is 6.61 Å². The molecule has 1 heterocycles. The number of barbiturate groups is 1. The molecule has 0 bridgehead atoms. The van der Waals surface area contributed by atoms with E-state index in [-0.39, 0.29) is 28.7 Å². The second-order valence-corrected chi connectivity index (χ2v) is 9.26. The summed E-state index contributed by atoms with van der Waals surface area (Å²) in [6, 6.07) is 14.8. The summed E-state index contributed by atoms with van der Waals surface area (Å²) >= 11 is 13.0. The van der Waals surface area contributed by atoms with Gasteiger partial charge in [0.1, 0.15) is 23.7 Å². The zero-order valence-electron chi connectivity index (χ0n) is 17.2. The fourth-order valence-corrected chi connectivity index (χ4v) is 4.93. The number of amides is 4. The van der Waals surface area contributed by atoms with Gasteiger partial charge in [0.25, 0.3) is 11.8 Å². The van der Waals surface area contributed by atoms with Crippen LogP contribution in [0.1, 0.15) is 11.1 Å². The van der Waals surface area contributed by atoms with Crippen LogP contribution >= 0.6 is 43.5 Å². The first-order chi connectivity index (χ1) is 16.2. The number of hydrogen-bond acceptors (Lipinski definition) is 4. The van der Waals surface area contributed by atoms with E-state index in [0.717, 1.165) is 4.90 Å². The van der Waals surface area contributed by atoms with Crippen molar-refractivity contribution in [3.05, 3.63) is 97.1 Å². The van der Waals surface area contributed by atoms with Crippen molar-refractivity contribution in [3.63, 3.8) is 0 Å². The van der Waals surface area contributed by atoms with E-state index in [9.17, 15) is 18.8 Å². The number of para-hydroxylation sites is 1. The summed E-state index contributed by atoms with van der Waals surface area (Å²) in [5, 5.41) is 2.35. The van der Waals surface area contributed by atoms with Crippen LogP contribution in [0.5, 0.6) is 5.75 Å². The van der Waals surface area contributed by atoms with Crippen LogP contribution in [0.2, 0.25) is 5.02 Å². The second kappa shape index (κ2) is 10.1. The van der Waals surface area contributed by atoms with Crippen molar-refractivity contribution in [1.29, 1.82) is 0 Å². The van der Waals surface area contributed by atoms with Gasteiger partial charge in [0.15, 0.2) is 0 Å². The monoisotopic (exact) mass is 606 g/mol. The van der Waals surface area contributed by atoms with E-state index in [1.54, 1.807) is 36.4 Å². The lowest BCUT2D eigenvalue weighted by atomic mass is 10.1.